The molecule has 0 aliphatic heterocycles. The summed E-state index contributed by atoms with van der Waals surface area (Å²) in [7, 11) is 1.59. The van der Waals surface area contributed by atoms with E-state index in [-0.39, 0.29) is 6.03 Å². The van der Waals surface area contributed by atoms with Gasteiger partial charge >= 0.3 is 12.0 Å². The molecule has 0 atom stereocenters. The zero-order valence-electron chi connectivity index (χ0n) is 18.9. The molecule has 7 nitrogen and oxygen atoms in total. The number of rotatable bonds is 9. The molecule has 0 radical (unpaired) electrons. The average molecular weight is 449 g/mol. The predicted octanol–water partition coefficient (Wildman–Crippen LogP) is 5.37. The minimum atomic E-state index is -1.28. The highest BCUT2D eigenvalue weighted by Crippen LogP contribution is 2.21. The summed E-state index contributed by atoms with van der Waals surface area (Å²) >= 11 is 0. The molecule has 3 aromatic carbocycles. The van der Waals surface area contributed by atoms with E-state index < -0.39 is 11.6 Å². The number of benzene rings is 3. The van der Waals surface area contributed by atoms with Crippen molar-refractivity contribution >= 4 is 23.4 Å². The van der Waals surface area contributed by atoms with Gasteiger partial charge in [-0.25, -0.2) is 9.59 Å². The molecular weight excluding hydrogens is 420 g/mol. The van der Waals surface area contributed by atoms with E-state index in [9.17, 15) is 14.7 Å². The summed E-state index contributed by atoms with van der Waals surface area (Å²) in [5, 5.41) is 14.8. The molecule has 7 heteroatoms. The van der Waals surface area contributed by atoms with E-state index in [1.54, 1.807) is 43.5 Å². The number of carbonyl (C=O) groups is 2. The summed E-state index contributed by atoms with van der Waals surface area (Å²) in [6.07, 6.45) is 1.58. The summed E-state index contributed by atoms with van der Waals surface area (Å²) in [5.74, 6) is 0.220. The Hall–Kier alpha value is -4.00. The molecule has 2 amide bonds. The van der Waals surface area contributed by atoms with Crippen molar-refractivity contribution < 1.29 is 24.2 Å². The van der Waals surface area contributed by atoms with Crippen molar-refractivity contribution in [3.63, 3.8) is 0 Å². The van der Waals surface area contributed by atoms with Gasteiger partial charge in [0.05, 0.1) is 7.11 Å². The minimum Gasteiger partial charge on any atom is -0.497 e. The van der Waals surface area contributed by atoms with Crippen molar-refractivity contribution in [1.82, 2.24) is 0 Å². The Morgan fingerprint density at radius 2 is 1.42 bits per heavy atom. The van der Waals surface area contributed by atoms with Crippen LogP contribution in [0.1, 0.15) is 25.0 Å². The second-order valence-corrected chi connectivity index (χ2v) is 8.07. The van der Waals surface area contributed by atoms with Crippen molar-refractivity contribution in [3.05, 3.63) is 83.9 Å². The fraction of sp³-hybridized carbons (Fsp3) is 0.231. The van der Waals surface area contributed by atoms with Gasteiger partial charge in [-0.05, 0) is 86.3 Å². The van der Waals surface area contributed by atoms with Crippen LogP contribution in [-0.4, -0.2) is 29.8 Å². The molecule has 0 unspecified atom stereocenters. The normalized spacial score (nSPS) is 10.9. The molecular formula is C26H28N2O5. The van der Waals surface area contributed by atoms with Crippen molar-refractivity contribution in [1.29, 1.82) is 0 Å². The molecule has 0 fully saturated rings. The molecule has 0 saturated heterocycles. The van der Waals surface area contributed by atoms with Crippen LogP contribution in [0.5, 0.6) is 11.5 Å². The smallest absolute Gasteiger partial charge is 0.347 e. The molecule has 0 spiro atoms. The minimum absolute atomic E-state index is 0.322. The number of methoxy groups -OCH3 is 1. The molecule has 0 aliphatic carbocycles. The van der Waals surface area contributed by atoms with Crippen LogP contribution in [0.25, 0.3) is 0 Å². The largest absolute Gasteiger partial charge is 0.497 e. The number of anilines is 2. The topological polar surface area (TPSA) is 96.9 Å². The lowest BCUT2D eigenvalue weighted by Gasteiger charge is -2.21. The fourth-order valence-corrected chi connectivity index (χ4v) is 3.12. The highest BCUT2D eigenvalue weighted by molar-refractivity contribution is 5.99. The predicted molar refractivity (Wildman–Crippen MR) is 128 cm³/mol. The number of amides is 2. The maximum Gasteiger partial charge on any atom is 0.347 e. The van der Waals surface area contributed by atoms with E-state index in [2.05, 4.69) is 10.6 Å². The van der Waals surface area contributed by atoms with Crippen molar-refractivity contribution in [2.75, 3.05) is 17.7 Å². The average Bonchev–Trinajstić information content (AvgIpc) is 2.79. The van der Waals surface area contributed by atoms with Crippen LogP contribution in [0.15, 0.2) is 72.8 Å². The molecule has 3 aromatic rings. The monoisotopic (exact) mass is 448 g/mol. The van der Waals surface area contributed by atoms with Gasteiger partial charge in [0.2, 0.25) is 0 Å². The highest BCUT2D eigenvalue weighted by Gasteiger charge is 2.29. The first kappa shape index (κ1) is 23.7. The SMILES string of the molecule is COc1ccc(NC(=O)Nc2cccc(CCc3ccc(OC(C)(C)C(=O)O)cc3)c2)cc1. The summed E-state index contributed by atoms with van der Waals surface area (Å²) in [4.78, 5) is 23.5. The van der Waals surface area contributed by atoms with Gasteiger partial charge in [-0.1, -0.05) is 24.3 Å². The Kier molecular flexibility index (Phi) is 7.56. The van der Waals surface area contributed by atoms with E-state index in [0.29, 0.717) is 17.1 Å². The number of ether oxygens (including phenoxy) is 2. The van der Waals surface area contributed by atoms with E-state index in [0.717, 1.165) is 29.7 Å². The van der Waals surface area contributed by atoms with Crippen LogP contribution in [0, 0.1) is 0 Å². The van der Waals surface area contributed by atoms with Crippen LogP contribution in [-0.2, 0) is 17.6 Å². The molecule has 0 aliphatic rings. The number of aliphatic carboxylic acids is 1. The van der Waals surface area contributed by atoms with E-state index >= 15 is 0 Å². The Morgan fingerprint density at radius 3 is 2.06 bits per heavy atom. The Balaban J connectivity index is 1.53. The van der Waals surface area contributed by atoms with Gasteiger partial charge < -0.3 is 25.2 Å². The van der Waals surface area contributed by atoms with Crippen molar-refractivity contribution in [2.24, 2.45) is 0 Å². The second-order valence-electron chi connectivity index (χ2n) is 8.07. The maximum absolute atomic E-state index is 12.3. The number of urea groups is 1. The number of hydrogen-bond donors (Lipinski definition) is 3. The van der Waals surface area contributed by atoms with Gasteiger partial charge in [-0.3, -0.25) is 0 Å². The van der Waals surface area contributed by atoms with Gasteiger partial charge in [0, 0.05) is 11.4 Å². The van der Waals surface area contributed by atoms with Gasteiger partial charge in [0.1, 0.15) is 11.5 Å². The van der Waals surface area contributed by atoms with E-state index in [4.69, 9.17) is 9.47 Å². The summed E-state index contributed by atoms with van der Waals surface area (Å²) < 4.78 is 10.7. The van der Waals surface area contributed by atoms with Gasteiger partial charge in [-0.15, -0.1) is 0 Å². The molecule has 0 aromatic heterocycles. The lowest BCUT2D eigenvalue weighted by Crippen LogP contribution is -2.37. The van der Waals surface area contributed by atoms with Gasteiger partial charge in [-0.2, -0.15) is 0 Å². The Morgan fingerprint density at radius 1 is 0.818 bits per heavy atom. The third kappa shape index (κ3) is 7.00. The number of aryl methyl sites for hydroxylation is 2. The first-order chi connectivity index (χ1) is 15.7. The first-order valence-corrected chi connectivity index (χ1v) is 10.6. The molecule has 0 saturated carbocycles. The quantitative estimate of drug-likeness (QED) is 0.409. The van der Waals surface area contributed by atoms with Crippen LogP contribution >= 0.6 is 0 Å². The molecule has 172 valence electrons. The molecule has 3 N–H and O–H groups in total. The summed E-state index contributed by atoms with van der Waals surface area (Å²) in [6.45, 7) is 3.03. The maximum atomic E-state index is 12.3. The van der Waals surface area contributed by atoms with Crippen LogP contribution in [0.3, 0.4) is 0 Å². The third-order valence-electron chi connectivity index (χ3n) is 5.05. The Bertz CT molecular complexity index is 1090. The van der Waals surface area contributed by atoms with Crippen molar-refractivity contribution in [3.8, 4) is 11.5 Å². The second kappa shape index (κ2) is 10.5. The van der Waals surface area contributed by atoms with Crippen molar-refractivity contribution in [2.45, 2.75) is 32.3 Å². The fourth-order valence-electron chi connectivity index (χ4n) is 3.12. The van der Waals surface area contributed by atoms with E-state index in [1.807, 2.05) is 36.4 Å². The first-order valence-electron chi connectivity index (χ1n) is 10.6. The number of nitrogens with one attached hydrogen (secondary N) is 2. The third-order valence-corrected chi connectivity index (χ3v) is 5.05. The molecule has 0 heterocycles. The summed E-state index contributed by atoms with van der Waals surface area (Å²) in [6, 6.07) is 21.9. The van der Waals surface area contributed by atoms with Gasteiger partial charge in [0.15, 0.2) is 5.60 Å². The number of carbonyl (C=O) groups excluding carboxylic acids is 1. The summed E-state index contributed by atoms with van der Waals surface area (Å²) in [5.41, 5.74) is 2.28. The standard InChI is InChI=1S/C26H28N2O5/c1-26(2,24(29)30)33-23-13-9-18(10-14-23)7-8-19-5-4-6-21(17-19)28-25(31)27-20-11-15-22(32-3)16-12-20/h4-6,9-17H,7-8H2,1-3H3,(H,29,30)(H2,27,28,31). The zero-order valence-corrected chi connectivity index (χ0v) is 18.9. The number of hydrogen-bond acceptors (Lipinski definition) is 4. The van der Waals surface area contributed by atoms with Crippen LogP contribution < -0.4 is 20.1 Å². The Labute approximate surface area is 193 Å². The number of carboxylic acid groups (broad SMARTS) is 1. The number of carboxylic acids is 1. The molecule has 33 heavy (non-hydrogen) atoms. The van der Waals surface area contributed by atoms with Gasteiger partial charge in [0.25, 0.3) is 0 Å². The molecule has 0 bridgehead atoms. The van der Waals surface area contributed by atoms with E-state index in [1.165, 1.54) is 13.8 Å². The lowest BCUT2D eigenvalue weighted by molar-refractivity contribution is -0.152. The zero-order chi connectivity index (χ0) is 23.8. The lowest BCUT2D eigenvalue weighted by atomic mass is 10.0. The van der Waals surface area contributed by atoms with Crippen LogP contribution in [0.2, 0.25) is 0 Å². The molecule has 3 rings (SSSR count). The van der Waals surface area contributed by atoms with Crippen LogP contribution in [0.4, 0.5) is 16.2 Å². The highest BCUT2D eigenvalue weighted by atomic mass is 16.5.